The van der Waals surface area contributed by atoms with Crippen LogP contribution >= 0.6 is 15.9 Å². The summed E-state index contributed by atoms with van der Waals surface area (Å²) in [5.41, 5.74) is -1.72. The third-order valence-corrected chi connectivity index (χ3v) is 7.62. The molecule has 0 radical (unpaired) electrons. The molecule has 1 saturated carbocycles. The van der Waals surface area contributed by atoms with E-state index in [0.29, 0.717) is 16.8 Å². The average molecular weight is 425 g/mol. The number of hydrogen-bond donors (Lipinski definition) is 2. The van der Waals surface area contributed by atoms with E-state index in [1.165, 1.54) is 7.11 Å². The van der Waals surface area contributed by atoms with Gasteiger partial charge in [-0.05, 0) is 64.6 Å². The zero-order chi connectivity index (χ0) is 19.6. The number of aromatic hydroxyl groups is 1. The van der Waals surface area contributed by atoms with E-state index in [0.717, 1.165) is 17.5 Å². The molecule has 0 heterocycles. The summed E-state index contributed by atoms with van der Waals surface area (Å²) in [6.07, 6.45) is 1.33. The Morgan fingerprint density at radius 1 is 1.42 bits per heavy atom. The Morgan fingerprint density at radius 3 is 2.58 bits per heavy atom. The third-order valence-electron chi connectivity index (χ3n) is 6.62. The quantitative estimate of drug-likeness (QED) is 0.558. The van der Waals surface area contributed by atoms with Crippen LogP contribution in [0.15, 0.2) is 10.5 Å². The fourth-order valence-electron chi connectivity index (χ4n) is 5.16. The van der Waals surface area contributed by atoms with Crippen LogP contribution < -0.4 is 0 Å². The highest BCUT2D eigenvalue weighted by Crippen LogP contribution is 2.64. The molecule has 4 unspecified atom stereocenters. The maximum Gasteiger partial charge on any atom is 0.346 e. The van der Waals surface area contributed by atoms with Gasteiger partial charge in [-0.1, -0.05) is 26.8 Å². The minimum Gasteiger partial charge on any atom is -0.506 e. The molecule has 1 aromatic rings. The third kappa shape index (κ3) is 2.18. The highest BCUT2D eigenvalue weighted by molar-refractivity contribution is 9.10. The van der Waals surface area contributed by atoms with E-state index in [-0.39, 0.29) is 23.1 Å². The highest BCUT2D eigenvalue weighted by Gasteiger charge is 2.69. The van der Waals surface area contributed by atoms with Gasteiger partial charge in [-0.2, -0.15) is 0 Å². The Morgan fingerprint density at radius 2 is 2.04 bits per heavy atom. The van der Waals surface area contributed by atoms with Crippen LogP contribution in [0.1, 0.15) is 61.0 Å². The van der Waals surface area contributed by atoms with Crippen LogP contribution in [0.3, 0.4) is 0 Å². The first kappa shape index (κ1) is 19.4. The summed E-state index contributed by atoms with van der Waals surface area (Å²) in [6, 6.07) is 1.90. The molecule has 0 aliphatic heterocycles. The van der Waals surface area contributed by atoms with Crippen LogP contribution in [-0.4, -0.2) is 34.7 Å². The van der Waals surface area contributed by atoms with Gasteiger partial charge in [-0.15, -0.1) is 0 Å². The number of fused-ring (bicyclic) bond motifs is 3. The molecule has 0 spiro atoms. The zero-order valence-electron chi connectivity index (χ0n) is 15.7. The van der Waals surface area contributed by atoms with Crippen LogP contribution in [0.5, 0.6) is 5.75 Å². The Balaban J connectivity index is 2.40. The summed E-state index contributed by atoms with van der Waals surface area (Å²) in [4.78, 5) is 25.9. The summed E-state index contributed by atoms with van der Waals surface area (Å²) in [6.45, 7) is 7.86. The number of esters is 1. The number of phenolic OH excluding ortho intramolecular Hbond substituents is 1. The molecule has 1 aromatic carbocycles. The second-order valence-corrected chi connectivity index (χ2v) is 8.99. The number of ketones is 1. The first-order valence-corrected chi connectivity index (χ1v) is 9.69. The first-order chi connectivity index (χ1) is 12.0. The lowest BCUT2D eigenvalue weighted by molar-refractivity contribution is -0.171. The second-order valence-electron chi connectivity index (χ2n) is 8.19. The van der Waals surface area contributed by atoms with Crippen molar-refractivity contribution in [2.24, 2.45) is 17.3 Å². The van der Waals surface area contributed by atoms with Crippen LogP contribution in [0, 0.1) is 24.2 Å². The van der Waals surface area contributed by atoms with Crippen molar-refractivity contribution in [2.75, 3.05) is 7.11 Å². The van der Waals surface area contributed by atoms with Gasteiger partial charge in [0, 0.05) is 5.41 Å². The Labute approximate surface area is 161 Å². The molecular weight excluding hydrogens is 400 g/mol. The number of aryl methyl sites for hydroxylation is 1. The molecule has 26 heavy (non-hydrogen) atoms. The fraction of sp³-hybridized carbons (Fsp3) is 0.600. The molecule has 4 atom stereocenters. The Bertz CT molecular complexity index is 802. The second kappa shape index (κ2) is 6.06. The van der Waals surface area contributed by atoms with E-state index in [1.54, 1.807) is 6.92 Å². The Hall–Kier alpha value is -1.40. The van der Waals surface area contributed by atoms with Gasteiger partial charge in [0.1, 0.15) is 5.75 Å². The van der Waals surface area contributed by atoms with Gasteiger partial charge < -0.3 is 14.9 Å². The van der Waals surface area contributed by atoms with Gasteiger partial charge in [0.2, 0.25) is 11.4 Å². The molecule has 5 nitrogen and oxygen atoms in total. The number of Topliss-reactive ketones (excluding diaryl/α,β-unsaturated/α-hetero) is 1. The molecule has 3 rings (SSSR count). The number of rotatable bonds is 2. The molecule has 2 aliphatic carbocycles. The lowest BCUT2D eigenvalue weighted by Gasteiger charge is -2.49. The van der Waals surface area contributed by atoms with Gasteiger partial charge in [-0.25, -0.2) is 4.79 Å². The molecular formula is C20H25BrO5. The molecule has 2 N–H and O–H groups in total. The normalized spacial score (nSPS) is 33.2. The zero-order valence-corrected chi connectivity index (χ0v) is 17.3. The molecule has 0 aromatic heterocycles. The van der Waals surface area contributed by atoms with Crippen LogP contribution in [0.4, 0.5) is 0 Å². The van der Waals surface area contributed by atoms with Crippen molar-refractivity contribution < 1.29 is 24.5 Å². The SMILES string of the molecule is COC(=O)C1(O)C(=O)c2c(cc(C)c(Br)c2O)C2C(C(C)C)CCC21C. The van der Waals surface area contributed by atoms with Crippen molar-refractivity contribution in [1.29, 1.82) is 0 Å². The maximum atomic E-state index is 13.3. The van der Waals surface area contributed by atoms with Gasteiger partial charge in [0.25, 0.3) is 0 Å². The van der Waals surface area contributed by atoms with Crippen molar-refractivity contribution in [3.05, 3.63) is 27.2 Å². The van der Waals surface area contributed by atoms with Gasteiger partial charge in [0.05, 0.1) is 17.1 Å². The minimum atomic E-state index is -2.31. The van der Waals surface area contributed by atoms with Crippen molar-refractivity contribution in [3.8, 4) is 5.75 Å². The monoisotopic (exact) mass is 424 g/mol. The van der Waals surface area contributed by atoms with Gasteiger partial charge in [0.15, 0.2) is 0 Å². The maximum absolute atomic E-state index is 13.3. The molecule has 6 heteroatoms. The van der Waals surface area contributed by atoms with Crippen molar-refractivity contribution >= 4 is 27.7 Å². The minimum absolute atomic E-state index is 0.0328. The standard InChI is InChI=1S/C20H25BrO5/c1-9(2)11-6-7-19(4)14(11)12-8-10(3)15(21)16(22)13(12)17(23)20(19,25)18(24)26-5/h8-9,11,14,22,25H,6-7H2,1-5H3. The number of halogens is 1. The van der Waals surface area contributed by atoms with E-state index < -0.39 is 22.8 Å². The molecule has 0 amide bonds. The number of phenols is 1. The predicted molar refractivity (Wildman–Crippen MR) is 100 cm³/mol. The highest BCUT2D eigenvalue weighted by atomic mass is 79.9. The number of carbonyl (C=O) groups is 2. The summed E-state index contributed by atoms with van der Waals surface area (Å²) < 4.78 is 5.24. The molecule has 2 aliphatic rings. The van der Waals surface area contributed by atoms with Gasteiger partial charge in [-0.3, -0.25) is 4.79 Å². The van der Waals surface area contributed by atoms with Crippen molar-refractivity contribution in [3.63, 3.8) is 0 Å². The molecule has 142 valence electrons. The average Bonchev–Trinajstić information content (AvgIpc) is 2.96. The lowest BCUT2D eigenvalue weighted by atomic mass is 9.55. The first-order valence-electron chi connectivity index (χ1n) is 8.89. The number of ether oxygens (including phenoxy) is 1. The number of aliphatic hydroxyl groups is 1. The summed E-state index contributed by atoms with van der Waals surface area (Å²) in [5, 5.41) is 22.1. The van der Waals surface area contributed by atoms with E-state index in [2.05, 4.69) is 29.8 Å². The number of methoxy groups -OCH3 is 1. The van der Waals surface area contributed by atoms with Crippen LogP contribution in [0.25, 0.3) is 0 Å². The number of carbonyl (C=O) groups excluding carboxylic acids is 2. The van der Waals surface area contributed by atoms with E-state index >= 15 is 0 Å². The summed E-state index contributed by atoms with van der Waals surface area (Å²) in [7, 11) is 1.17. The van der Waals surface area contributed by atoms with E-state index in [9.17, 15) is 19.8 Å². The van der Waals surface area contributed by atoms with Crippen molar-refractivity contribution in [1.82, 2.24) is 0 Å². The smallest absolute Gasteiger partial charge is 0.346 e. The largest absolute Gasteiger partial charge is 0.506 e. The van der Waals surface area contributed by atoms with Crippen molar-refractivity contribution in [2.45, 2.75) is 52.1 Å². The number of benzene rings is 1. The van der Waals surface area contributed by atoms with E-state index in [4.69, 9.17) is 4.74 Å². The van der Waals surface area contributed by atoms with Crippen LogP contribution in [0.2, 0.25) is 0 Å². The summed E-state index contributed by atoms with van der Waals surface area (Å²) in [5.74, 6) is -1.69. The fourth-order valence-corrected chi connectivity index (χ4v) is 5.47. The molecule has 0 bridgehead atoms. The molecule has 1 fully saturated rings. The number of hydrogen-bond acceptors (Lipinski definition) is 5. The Kier molecular flexibility index (Phi) is 4.51. The topological polar surface area (TPSA) is 83.8 Å². The molecule has 0 saturated heterocycles. The van der Waals surface area contributed by atoms with E-state index in [1.807, 2.05) is 13.0 Å². The predicted octanol–water partition coefficient (Wildman–Crippen LogP) is 3.72. The summed E-state index contributed by atoms with van der Waals surface area (Å²) >= 11 is 3.31. The van der Waals surface area contributed by atoms with Gasteiger partial charge >= 0.3 is 5.97 Å². The lowest BCUT2D eigenvalue weighted by Crippen LogP contribution is -2.63. The van der Waals surface area contributed by atoms with Crippen LogP contribution in [-0.2, 0) is 9.53 Å².